The van der Waals surface area contributed by atoms with Gasteiger partial charge in [0.25, 0.3) is 0 Å². The number of benzene rings is 3. The third-order valence-corrected chi connectivity index (χ3v) is 5.51. The van der Waals surface area contributed by atoms with Crippen molar-refractivity contribution < 1.29 is 4.74 Å². The SMILES string of the molecule is Cc1cc(C)cc(NC(=S)Nc2c(C)nn(Cc3cccc(Oc4ccccc4)c3)c2C)c1. The van der Waals surface area contributed by atoms with Crippen LogP contribution in [0.25, 0.3) is 0 Å². The molecule has 168 valence electrons. The molecule has 4 rings (SSSR count). The summed E-state index contributed by atoms with van der Waals surface area (Å²) in [5.41, 5.74) is 7.31. The summed E-state index contributed by atoms with van der Waals surface area (Å²) in [4.78, 5) is 0. The Morgan fingerprint density at radius 3 is 2.27 bits per heavy atom. The average Bonchev–Trinajstić information content (AvgIpc) is 3.01. The molecule has 0 saturated heterocycles. The molecule has 3 aromatic carbocycles. The Kier molecular flexibility index (Phi) is 6.75. The largest absolute Gasteiger partial charge is 0.457 e. The van der Waals surface area contributed by atoms with Gasteiger partial charge >= 0.3 is 0 Å². The average molecular weight is 457 g/mol. The van der Waals surface area contributed by atoms with Gasteiger partial charge in [-0.05, 0) is 93.0 Å². The Morgan fingerprint density at radius 2 is 1.55 bits per heavy atom. The molecular formula is C27H28N4OS. The summed E-state index contributed by atoms with van der Waals surface area (Å²) in [6, 6.07) is 24.2. The molecule has 0 fully saturated rings. The van der Waals surface area contributed by atoms with Crippen LogP contribution in [0.2, 0.25) is 0 Å². The van der Waals surface area contributed by atoms with E-state index in [4.69, 9.17) is 22.1 Å². The van der Waals surface area contributed by atoms with E-state index in [9.17, 15) is 0 Å². The zero-order chi connectivity index (χ0) is 23.4. The molecule has 0 aliphatic carbocycles. The molecule has 0 unspecified atom stereocenters. The molecule has 0 aliphatic rings. The van der Waals surface area contributed by atoms with E-state index in [2.05, 4.69) is 48.7 Å². The number of nitrogens with one attached hydrogen (secondary N) is 2. The normalized spacial score (nSPS) is 10.7. The summed E-state index contributed by atoms with van der Waals surface area (Å²) >= 11 is 5.57. The molecule has 33 heavy (non-hydrogen) atoms. The van der Waals surface area contributed by atoms with Gasteiger partial charge in [-0.15, -0.1) is 0 Å². The van der Waals surface area contributed by atoms with Crippen LogP contribution in [0.5, 0.6) is 11.5 Å². The van der Waals surface area contributed by atoms with Crippen LogP contribution in [-0.4, -0.2) is 14.9 Å². The lowest BCUT2D eigenvalue weighted by atomic mass is 10.1. The predicted molar refractivity (Wildman–Crippen MR) is 140 cm³/mol. The van der Waals surface area contributed by atoms with Gasteiger partial charge in [-0.3, -0.25) is 4.68 Å². The van der Waals surface area contributed by atoms with Crippen molar-refractivity contribution in [3.8, 4) is 11.5 Å². The Morgan fingerprint density at radius 1 is 0.848 bits per heavy atom. The molecule has 5 nitrogen and oxygen atoms in total. The minimum absolute atomic E-state index is 0.545. The summed E-state index contributed by atoms with van der Waals surface area (Å²) in [5.74, 6) is 1.62. The van der Waals surface area contributed by atoms with Crippen LogP contribution in [0.3, 0.4) is 0 Å². The molecule has 0 radical (unpaired) electrons. The van der Waals surface area contributed by atoms with E-state index in [-0.39, 0.29) is 0 Å². The van der Waals surface area contributed by atoms with Crippen LogP contribution in [0.1, 0.15) is 28.1 Å². The number of aryl methyl sites for hydroxylation is 3. The number of para-hydroxylation sites is 1. The third-order valence-electron chi connectivity index (χ3n) is 5.31. The quantitative estimate of drug-likeness (QED) is 0.314. The van der Waals surface area contributed by atoms with E-state index < -0.39 is 0 Å². The van der Waals surface area contributed by atoms with Crippen LogP contribution in [-0.2, 0) is 6.54 Å². The van der Waals surface area contributed by atoms with E-state index in [0.29, 0.717) is 11.7 Å². The Labute approximate surface area is 200 Å². The van der Waals surface area contributed by atoms with Crippen molar-refractivity contribution in [2.75, 3.05) is 10.6 Å². The zero-order valence-corrected chi connectivity index (χ0v) is 20.2. The molecule has 0 amide bonds. The van der Waals surface area contributed by atoms with E-state index in [1.54, 1.807) is 0 Å². The van der Waals surface area contributed by atoms with Crippen molar-refractivity contribution in [3.05, 3.63) is 101 Å². The fourth-order valence-electron chi connectivity index (χ4n) is 3.86. The van der Waals surface area contributed by atoms with Gasteiger partial charge in [-0.2, -0.15) is 5.10 Å². The molecule has 0 spiro atoms. The predicted octanol–water partition coefficient (Wildman–Crippen LogP) is 6.77. The number of anilines is 2. The van der Waals surface area contributed by atoms with Gasteiger partial charge in [0.15, 0.2) is 5.11 Å². The van der Waals surface area contributed by atoms with Gasteiger partial charge in [0.1, 0.15) is 11.5 Å². The Bertz CT molecular complexity index is 1260. The summed E-state index contributed by atoms with van der Waals surface area (Å²) < 4.78 is 7.96. The van der Waals surface area contributed by atoms with Crippen LogP contribution in [0, 0.1) is 27.7 Å². The fourth-order valence-corrected chi connectivity index (χ4v) is 4.08. The lowest BCUT2D eigenvalue weighted by molar-refractivity contribution is 0.481. The second-order valence-corrected chi connectivity index (χ2v) is 8.63. The molecule has 1 heterocycles. The monoisotopic (exact) mass is 456 g/mol. The minimum atomic E-state index is 0.545. The fraction of sp³-hybridized carbons (Fsp3) is 0.185. The summed E-state index contributed by atoms with van der Waals surface area (Å²) in [6.07, 6.45) is 0. The summed E-state index contributed by atoms with van der Waals surface area (Å²) in [7, 11) is 0. The van der Waals surface area contributed by atoms with Crippen molar-refractivity contribution in [3.63, 3.8) is 0 Å². The number of nitrogens with zero attached hydrogens (tertiary/aromatic N) is 2. The minimum Gasteiger partial charge on any atom is -0.457 e. The first-order valence-electron chi connectivity index (χ1n) is 10.9. The Balaban J connectivity index is 1.46. The number of ether oxygens (including phenoxy) is 1. The highest BCUT2D eigenvalue weighted by Crippen LogP contribution is 2.25. The first-order chi connectivity index (χ1) is 15.9. The lowest BCUT2D eigenvalue weighted by Gasteiger charge is -2.13. The topological polar surface area (TPSA) is 51.1 Å². The lowest BCUT2D eigenvalue weighted by Crippen LogP contribution is -2.20. The van der Waals surface area contributed by atoms with Gasteiger partial charge in [-0.1, -0.05) is 36.4 Å². The molecule has 2 N–H and O–H groups in total. The highest BCUT2D eigenvalue weighted by atomic mass is 32.1. The number of hydrogen-bond acceptors (Lipinski definition) is 3. The first kappa shape index (κ1) is 22.6. The number of aromatic nitrogens is 2. The molecule has 0 aliphatic heterocycles. The second-order valence-electron chi connectivity index (χ2n) is 8.22. The van der Waals surface area contributed by atoms with Gasteiger partial charge in [0, 0.05) is 5.69 Å². The first-order valence-corrected chi connectivity index (χ1v) is 11.3. The van der Waals surface area contributed by atoms with Crippen molar-refractivity contribution >= 4 is 28.7 Å². The molecular weight excluding hydrogens is 428 g/mol. The molecule has 1 aromatic heterocycles. The van der Waals surface area contributed by atoms with Crippen molar-refractivity contribution in [1.29, 1.82) is 0 Å². The highest BCUT2D eigenvalue weighted by Gasteiger charge is 2.14. The summed E-state index contributed by atoms with van der Waals surface area (Å²) in [5, 5.41) is 11.9. The maximum absolute atomic E-state index is 5.97. The molecule has 6 heteroatoms. The van der Waals surface area contributed by atoms with Gasteiger partial charge in [-0.25, -0.2) is 0 Å². The highest BCUT2D eigenvalue weighted by molar-refractivity contribution is 7.80. The van der Waals surface area contributed by atoms with Gasteiger partial charge in [0.05, 0.1) is 23.6 Å². The molecule has 0 saturated carbocycles. The Hall–Kier alpha value is -3.64. The van der Waals surface area contributed by atoms with Gasteiger partial charge in [0.2, 0.25) is 0 Å². The molecule has 0 atom stereocenters. The van der Waals surface area contributed by atoms with Crippen LogP contribution < -0.4 is 15.4 Å². The smallest absolute Gasteiger partial charge is 0.175 e. The van der Waals surface area contributed by atoms with E-state index in [0.717, 1.165) is 39.8 Å². The number of thiocarbonyl (C=S) groups is 1. The van der Waals surface area contributed by atoms with Crippen molar-refractivity contribution in [2.45, 2.75) is 34.2 Å². The molecule has 0 bridgehead atoms. The van der Waals surface area contributed by atoms with Crippen LogP contribution >= 0.6 is 12.2 Å². The standard InChI is InChI=1S/C27H28N4OS/c1-18-13-19(2)15-23(14-18)28-27(33)29-26-20(3)30-31(21(26)4)17-22-9-8-12-25(16-22)32-24-10-6-5-7-11-24/h5-16H,17H2,1-4H3,(H2,28,29,33). The van der Waals surface area contributed by atoms with Crippen LogP contribution in [0.15, 0.2) is 72.8 Å². The van der Waals surface area contributed by atoms with Crippen molar-refractivity contribution in [1.82, 2.24) is 9.78 Å². The van der Waals surface area contributed by atoms with E-state index in [1.165, 1.54) is 11.1 Å². The number of rotatable bonds is 6. The van der Waals surface area contributed by atoms with Crippen LogP contribution in [0.4, 0.5) is 11.4 Å². The van der Waals surface area contributed by atoms with E-state index >= 15 is 0 Å². The summed E-state index contributed by atoms with van der Waals surface area (Å²) in [6.45, 7) is 8.82. The molecule has 4 aromatic rings. The van der Waals surface area contributed by atoms with Gasteiger partial charge < -0.3 is 15.4 Å². The number of hydrogen-bond donors (Lipinski definition) is 2. The maximum atomic E-state index is 5.97. The third kappa shape index (κ3) is 5.79. The maximum Gasteiger partial charge on any atom is 0.175 e. The van der Waals surface area contributed by atoms with E-state index in [1.807, 2.05) is 67.1 Å². The second kappa shape index (κ2) is 9.88. The van der Waals surface area contributed by atoms with Crippen molar-refractivity contribution in [2.24, 2.45) is 0 Å². The zero-order valence-electron chi connectivity index (χ0n) is 19.3.